The van der Waals surface area contributed by atoms with E-state index in [2.05, 4.69) is 33.8 Å². The summed E-state index contributed by atoms with van der Waals surface area (Å²) in [7, 11) is 0. The first kappa shape index (κ1) is 18.3. The van der Waals surface area contributed by atoms with E-state index in [1.807, 2.05) is 29.2 Å². The SMILES string of the molecule is CCCC(CCC)c1cnc2c(F)cc(-c3c[nH]c4nc(C5CC5)ncc34)cn12. The summed E-state index contributed by atoms with van der Waals surface area (Å²) in [4.78, 5) is 16.9. The summed E-state index contributed by atoms with van der Waals surface area (Å²) >= 11 is 0. The minimum absolute atomic E-state index is 0.301. The van der Waals surface area contributed by atoms with Crippen LogP contribution < -0.4 is 0 Å². The predicted molar refractivity (Wildman–Crippen MR) is 113 cm³/mol. The van der Waals surface area contributed by atoms with Crippen LogP contribution in [0.3, 0.4) is 0 Å². The Labute approximate surface area is 169 Å². The van der Waals surface area contributed by atoms with Gasteiger partial charge in [0, 0.05) is 58.8 Å². The number of fused-ring (bicyclic) bond motifs is 2. The predicted octanol–water partition coefficient (Wildman–Crippen LogP) is 5.97. The van der Waals surface area contributed by atoms with Gasteiger partial charge in [-0.3, -0.25) is 0 Å². The lowest BCUT2D eigenvalue weighted by atomic mass is 9.95. The van der Waals surface area contributed by atoms with Crippen LogP contribution in [0, 0.1) is 5.82 Å². The van der Waals surface area contributed by atoms with E-state index in [-0.39, 0.29) is 5.82 Å². The van der Waals surface area contributed by atoms with Crippen molar-refractivity contribution in [3.63, 3.8) is 0 Å². The number of halogens is 1. The number of rotatable bonds is 7. The Morgan fingerprint density at radius 3 is 2.69 bits per heavy atom. The Balaban J connectivity index is 1.62. The summed E-state index contributed by atoms with van der Waals surface area (Å²) in [5.41, 5.74) is 4.04. The summed E-state index contributed by atoms with van der Waals surface area (Å²) in [6, 6.07) is 1.57. The van der Waals surface area contributed by atoms with E-state index in [1.54, 1.807) is 6.07 Å². The molecule has 5 rings (SSSR count). The first-order valence-corrected chi connectivity index (χ1v) is 10.7. The fraction of sp³-hybridized carbons (Fsp3) is 0.435. The van der Waals surface area contributed by atoms with Crippen LogP contribution >= 0.6 is 0 Å². The lowest BCUT2D eigenvalue weighted by Crippen LogP contribution is -2.03. The molecule has 0 amide bonds. The van der Waals surface area contributed by atoms with Gasteiger partial charge in [-0.15, -0.1) is 0 Å². The highest BCUT2D eigenvalue weighted by Crippen LogP contribution is 2.39. The lowest BCUT2D eigenvalue weighted by molar-refractivity contribution is 0.544. The fourth-order valence-corrected chi connectivity index (χ4v) is 4.35. The number of nitrogens with one attached hydrogen (secondary N) is 1. The lowest BCUT2D eigenvalue weighted by Gasteiger charge is -2.15. The Kier molecular flexibility index (Phi) is 4.57. The van der Waals surface area contributed by atoms with Crippen LogP contribution in [0.5, 0.6) is 0 Å². The Morgan fingerprint density at radius 2 is 1.97 bits per heavy atom. The van der Waals surface area contributed by atoms with Gasteiger partial charge in [-0.1, -0.05) is 26.7 Å². The molecule has 4 aromatic heterocycles. The summed E-state index contributed by atoms with van der Waals surface area (Å²) in [5.74, 6) is 1.50. The normalized spacial score (nSPS) is 14.5. The van der Waals surface area contributed by atoms with E-state index < -0.39 is 0 Å². The number of hydrogen-bond acceptors (Lipinski definition) is 3. The fourth-order valence-electron chi connectivity index (χ4n) is 4.35. The van der Waals surface area contributed by atoms with Crippen molar-refractivity contribution in [3.05, 3.63) is 48.2 Å². The van der Waals surface area contributed by atoms with Gasteiger partial charge in [0.25, 0.3) is 0 Å². The zero-order valence-electron chi connectivity index (χ0n) is 17.0. The minimum atomic E-state index is -0.301. The average molecular weight is 391 g/mol. The van der Waals surface area contributed by atoms with Gasteiger partial charge in [-0.05, 0) is 31.7 Å². The molecular formula is C23H26FN5. The van der Waals surface area contributed by atoms with Crippen molar-refractivity contribution in [2.45, 2.75) is 64.2 Å². The third kappa shape index (κ3) is 3.20. The molecule has 0 saturated heterocycles. The number of imidazole rings is 1. The Bertz CT molecular complexity index is 1160. The van der Waals surface area contributed by atoms with Crippen molar-refractivity contribution >= 4 is 16.7 Å². The highest BCUT2D eigenvalue weighted by atomic mass is 19.1. The zero-order valence-corrected chi connectivity index (χ0v) is 17.0. The van der Waals surface area contributed by atoms with Crippen LogP contribution in [0.2, 0.25) is 0 Å². The number of aromatic amines is 1. The summed E-state index contributed by atoms with van der Waals surface area (Å²) in [6.07, 6.45) is 14.3. The molecule has 1 aliphatic carbocycles. The molecule has 4 aromatic rings. The topological polar surface area (TPSA) is 58.9 Å². The smallest absolute Gasteiger partial charge is 0.173 e. The second-order valence-electron chi connectivity index (χ2n) is 8.19. The second kappa shape index (κ2) is 7.25. The largest absolute Gasteiger partial charge is 0.345 e. The third-order valence-electron chi connectivity index (χ3n) is 5.99. The highest BCUT2D eigenvalue weighted by Gasteiger charge is 2.27. The summed E-state index contributed by atoms with van der Waals surface area (Å²) in [5, 5.41) is 0.925. The van der Waals surface area contributed by atoms with Gasteiger partial charge < -0.3 is 9.38 Å². The molecule has 1 aliphatic rings. The Hall–Kier alpha value is -2.76. The van der Waals surface area contributed by atoms with Gasteiger partial charge in [-0.25, -0.2) is 19.3 Å². The average Bonchev–Trinajstić information content (AvgIpc) is 3.34. The second-order valence-corrected chi connectivity index (χ2v) is 8.19. The van der Waals surface area contributed by atoms with Gasteiger partial charge in [0.15, 0.2) is 11.5 Å². The van der Waals surface area contributed by atoms with Crippen molar-refractivity contribution in [3.8, 4) is 11.1 Å². The van der Waals surface area contributed by atoms with Crippen LogP contribution in [0.4, 0.5) is 4.39 Å². The van der Waals surface area contributed by atoms with Crippen molar-refractivity contribution in [1.82, 2.24) is 24.3 Å². The third-order valence-corrected chi connectivity index (χ3v) is 5.99. The number of nitrogens with zero attached hydrogens (tertiary/aromatic N) is 4. The van der Waals surface area contributed by atoms with Crippen LogP contribution in [-0.2, 0) is 0 Å². The molecule has 1 saturated carbocycles. The molecule has 0 atom stereocenters. The minimum Gasteiger partial charge on any atom is -0.345 e. The van der Waals surface area contributed by atoms with Crippen LogP contribution in [-0.4, -0.2) is 24.3 Å². The highest BCUT2D eigenvalue weighted by molar-refractivity contribution is 5.93. The molecule has 0 aromatic carbocycles. The van der Waals surface area contributed by atoms with Gasteiger partial charge in [0.05, 0.1) is 0 Å². The molecule has 0 radical (unpaired) electrons. The van der Waals surface area contributed by atoms with Crippen LogP contribution in [0.1, 0.15) is 75.7 Å². The summed E-state index contributed by atoms with van der Waals surface area (Å²) in [6.45, 7) is 4.39. The van der Waals surface area contributed by atoms with Crippen molar-refractivity contribution < 1.29 is 4.39 Å². The zero-order chi connectivity index (χ0) is 20.0. The molecule has 1 N–H and O–H groups in total. The molecule has 6 heteroatoms. The van der Waals surface area contributed by atoms with Crippen molar-refractivity contribution in [1.29, 1.82) is 0 Å². The standard InChI is InChI=1S/C23H26FN5/c1-3-5-14(6-4-2)20-12-27-23-19(24)9-16(13-29(20)23)17-10-26-22-18(17)11-25-21(28-22)15-7-8-15/h9-15H,3-8H2,1-2H3,(H,25,26,28). The molecule has 0 bridgehead atoms. The quantitative estimate of drug-likeness (QED) is 0.422. The maximum Gasteiger partial charge on any atom is 0.173 e. The number of aromatic nitrogens is 5. The van der Waals surface area contributed by atoms with E-state index in [0.29, 0.717) is 17.5 Å². The van der Waals surface area contributed by atoms with Crippen LogP contribution in [0.25, 0.3) is 27.8 Å². The van der Waals surface area contributed by atoms with Crippen LogP contribution in [0.15, 0.2) is 30.9 Å². The first-order chi connectivity index (χ1) is 14.2. The molecule has 0 aliphatic heterocycles. The van der Waals surface area contributed by atoms with Gasteiger partial charge in [-0.2, -0.15) is 0 Å². The van der Waals surface area contributed by atoms with Gasteiger partial charge in [0.1, 0.15) is 11.5 Å². The van der Waals surface area contributed by atoms with Crippen molar-refractivity contribution in [2.75, 3.05) is 0 Å². The molecule has 5 nitrogen and oxygen atoms in total. The van der Waals surface area contributed by atoms with E-state index in [0.717, 1.165) is 59.4 Å². The van der Waals surface area contributed by atoms with E-state index in [9.17, 15) is 4.39 Å². The molecular weight excluding hydrogens is 365 g/mol. The molecule has 0 spiro atoms. The van der Waals surface area contributed by atoms with Crippen molar-refractivity contribution in [2.24, 2.45) is 0 Å². The number of pyridine rings is 1. The van der Waals surface area contributed by atoms with E-state index in [4.69, 9.17) is 0 Å². The maximum absolute atomic E-state index is 14.9. The molecule has 150 valence electrons. The van der Waals surface area contributed by atoms with Gasteiger partial charge in [0.2, 0.25) is 0 Å². The van der Waals surface area contributed by atoms with Gasteiger partial charge >= 0.3 is 0 Å². The number of H-pyrrole nitrogens is 1. The Morgan fingerprint density at radius 1 is 1.17 bits per heavy atom. The van der Waals surface area contributed by atoms with E-state index in [1.165, 1.54) is 12.8 Å². The molecule has 0 unspecified atom stereocenters. The molecule has 4 heterocycles. The maximum atomic E-state index is 14.9. The summed E-state index contributed by atoms with van der Waals surface area (Å²) < 4.78 is 16.9. The number of hydrogen-bond donors (Lipinski definition) is 1. The first-order valence-electron chi connectivity index (χ1n) is 10.7. The molecule has 1 fully saturated rings. The molecule has 29 heavy (non-hydrogen) atoms. The monoisotopic (exact) mass is 391 g/mol. The van der Waals surface area contributed by atoms with E-state index >= 15 is 0 Å².